The second-order valence-corrected chi connectivity index (χ2v) is 3.74. The third-order valence-electron chi connectivity index (χ3n) is 2.57. The molecule has 16 heavy (non-hydrogen) atoms. The van der Waals surface area contributed by atoms with Crippen molar-refractivity contribution in [3.05, 3.63) is 33.9 Å². The maximum Gasteiger partial charge on any atom is 0.287 e. The van der Waals surface area contributed by atoms with Crippen LogP contribution in [0.25, 0.3) is 0 Å². The van der Waals surface area contributed by atoms with Crippen molar-refractivity contribution in [2.75, 3.05) is 18.0 Å². The van der Waals surface area contributed by atoms with E-state index in [4.69, 9.17) is 11.0 Å². The first kappa shape index (κ1) is 10.4. The van der Waals surface area contributed by atoms with Gasteiger partial charge in [0.1, 0.15) is 11.6 Å². The maximum absolute atomic E-state index is 10.6. The first-order chi connectivity index (χ1) is 7.61. The van der Waals surface area contributed by atoms with Crippen molar-refractivity contribution < 1.29 is 4.92 Å². The highest BCUT2D eigenvalue weighted by Crippen LogP contribution is 2.26. The van der Waals surface area contributed by atoms with Crippen molar-refractivity contribution in [3.63, 3.8) is 0 Å². The zero-order chi connectivity index (χ0) is 11.7. The van der Waals surface area contributed by atoms with Gasteiger partial charge < -0.3 is 10.6 Å². The Morgan fingerprint density at radius 3 is 2.75 bits per heavy atom. The van der Waals surface area contributed by atoms with Gasteiger partial charge in [-0.3, -0.25) is 10.1 Å². The van der Waals surface area contributed by atoms with Crippen LogP contribution in [-0.4, -0.2) is 24.1 Å². The summed E-state index contributed by atoms with van der Waals surface area (Å²) < 4.78 is 0. The van der Waals surface area contributed by atoms with Crippen LogP contribution in [0.15, 0.2) is 18.2 Å². The third-order valence-corrected chi connectivity index (χ3v) is 2.57. The van der Waals surface area contributed by atoms with E-state index in [-0.39, 0.29) is 17.3 Å². The molecule has 0 unspecified atom stereocenters. The minimum absolute atomic E-state index is 0.0861. The first-order valence-corrected chi connectivity index (χ1v) is 4.81. The Kier molecular flexibility index (Phi) is 2.46. The number of rotatable bonds is 2. The van der Waals surface area contributed by atoms with Gasteiger partial charge in [0.25, 0.3) is 5.69 Å². The van der Waals surface area contributed by atoms with Gasteiger partial charge in [0, 0.05) is 30.9 Å². The fourth-order valence-electron chi connectivity index (χ4n) is 1.69. The van der Waals surface area contributed by atoms with Crippen LogP contribution < -0.4 is 10.6 Å². The minimum Gasteiger partial charge on any atom is -0.368 e. The molecular formula is C10H10N4O2. The van der Waals surface area contributed by atoms with Gasteiger partial charge >= 0.3 is 0 Å². The summed E-state index contributed by atoms with van der Waals surface area (Å²) in [5.41, 5.74) is 6.38. The molecule has 1 aliphatic rings. The molecule has 0 amide bonds. The fraction of sp³-hybridized carbons (Fsp3) is 0.300. The Morgan fingerprint density at radius 2 is 2.25 bits per heavy atom. The number of nitrogens with two attached hydrogens (primary N) is 1. The molecule has 0 aromatic heterocycles. The minimum atomic E-state index is -0.551. The highest BCUT2D eigenvalue weighted by atomic mass is 16.6. The van der Waals surface area contributed by atoms with Gasteiger partial charge in [0.2, 0.25) is 0 Å². The lowest BCUT2D eigenvalue weighted by Gasteiger charge is -2.38. The predicted octanol–water partition coefficient (Wildman–Crippen LogP) is 0.614. The van der Waals surface area contributed by atoms with Crippen LogP contribution in [0.3, 0.4) is 0 Å². The summed E-state index contributed by atoms with van der Waals surface area (Å²) in [7, 11) is 0. The summed E-state index contributed by atoms with van der Waals surface area (Å²) in [6.07, 6.45) is 0. The van der Waals surface area contributed by atoms with E-state index in [1.54, 1.807) is 6.07 Å². The van der Waals surface area contributed by atoms with E-state index in [0.29, 0.717) is 0 Å². The molecule has 0 aliphatic carbocycles. The van der Waals surface area contributed by atoms with E-state index in [9.17, 15) is 10.1 Å². The molecule has 2 N–H and O–H groups in total. The van der Waals surface area contributed by atoms with Crippen LogP contribution in [-0.2, 0) is 0 Å². The van der Waals surface area contributed by atoms with Crippen molar-refractivity contribution in [1.82, 2.24) is 0 Å². The number of nitro benzene ring substituents is 1. The molecule has 82 valence electrons. The monoisotopic (exact) mass is 218 g/mol. The summed E-state index contributed by atoms with van der Waals surface area (Å²) in [6, 6.07) is 6.52. The quantitative estimate of drug-likeness (QED) is 0.579. The molecule has 2 rings (SSSR count). The molecule has 1 saturated heterocycles. The van der Waals surface area contributed by atoms with Gasteiger partial charge in [-0.25, -0.2) is 0 Å². The van der Waals surface area contributed by atoms with Gasteiger partial charge in [-0.1, -0.05) is 0 Å². The van der Waals surface area contributed by atoms with E-state index in [0.717, 1.165) is 18.8 Å². The smallest absolute Gasteiger partial charge is 0.287 e. The molecule has 1 aromatic rings. The van der Waals surface area contributed by atoms with Crippen LogP contribution in [0, 0.1) is 21.4 Å². The molecule has 0 bridgehead atoms. The Balaban J connectivity index is 2.31. The largest absolute Gasteiger partial charge is 0.368 e. The molecule has 1 aliphatic heterocycles. The number of hydrogen-bond donors (Lipinski definition) is 1. The van der Waals surface area contributed by atoms with E-state index in [1.807, 2.05) is 11.0 Å². The summed E-state index contributed by atoms with van der Waals surface area (Å²) in [5.74, 6) is 0. The number of nitrogens with zero attached hydrogens (tertiary/aromatic N) is 3. The summed E-state index contributed by atoms with van der Waals surface area (Å²) in [4.78, 5) is 12.0. The van der Waals surface area contributed by atoms with Gasteiger partial charge in [-0.15, -0.1) is 0 Å². The highest BCUT2D eigenvalue weighted by molar-refractivity contribution is 5.61. The standard InChI is InChI=1S/C10H10N4O2/c11-4-7-3-9(13-5-8(12)6-13)1-2-10(7)14(15)16/h1-3,8H,5-6,12H2. The number of nitro groups is 1. The van der Waals surface area contributed by atoms with E-state index in [1.165, 1.54) is 12.1 Å². The third kappa shape index (κ3) is 1.68. The Morgan fingerprint density at radius 1 is 1.56 bits per heavy atom. The number of benzene rings is 1. The van der Waals surface area contributed by atoms with Crippen molar-refractivity contribution in [2.45, 2.75) is 6.04 Å². The zero-order valence-electron chi connectivity index (χ0n) is 8.46. The predicted molar refractivity (Wildman–Crippen MR) is 58.0 cm³/mol. The van der Waals surface area contributed by atoms with Crippen LogP contribution in [0.5, 0.6) is 0 Å². The van der Waals surface area contributed by atoms with Crippen molar-refractivity contribution in [3.8, 4) is 6.07 Å². The maximum atomic E-state index is 10.6. The second kappa shape index (κ2) is 3.79. The molecular weight excluding hydrogens is 208 g/mol. The van der Waals surface area contributed by atoms with Crippen LogP contribution >= 0.6 is 0 Å². The number of hydrogen-bond acceptors (Lipinski definition) is 5. The molecule has 6 heteroatoms. The highest BCUT2D eigenvalue weighted by Gasteiger charge is 2.24. The number of nitriles is 1. The molecule has 6 nitrogen and oxygen atoms in total. The van der Waals surface area contributed by atoms with E-state index >= 15 is 0 Å². The van der Waals surface area contributed by atoms with Crippen LogP contribution in [0.1, 0.15) is 5.56 Å². The Hall–Kier alpha value is -2.13. The molecule has 0 spiro atoms. The van der Waals surface area contributed by atoms with Gasteiger partial charge in [0.15, 0.2) is 0 Å². The zero-order valence-corrected chi connectivity index (χ0v) is 8.46. The fourth-order valence-corrected chi connectivity index (χ4v) is 1.69. The van der Waals surface area contributed by atoms with Gasteiger partial charge in [0.05, 0.1) is 4.92 Å². The van der Waals surface area contributed by atoms with Gasteiger partial charge in [-0.2, -0.15) is 5.26 Å². The van der Waals surface area contributed by atoms with E-state index < -0.39 is 4.92 Å². The molecule has 0 radical (unpaired) electrons. The molecule has 0 atom stereocenters. The van der Waals surface area contributed by atoms with Crippen molar-refractivity contribution in [2.24, 2.45) is 5.73 Å². The van der Waals surface area contributed by atoms with Crippen molar-refractivity contribution in [1.29, 1.82) is 5.26 Å². The topological polar surface area (TPSA) is 96.2 Å². The second-order valence-electron chi connectivity index (χ2n) is 3.74. The normalized spacial score (nSPS) is 15.4. The Labute approximate surface area is 92.0 Å². The molecule has 1 heterocycles. The summed E-state index contributed by atoms with van der Waals surface area (Å²) in [6.45, 7) is 1.45. The van der Waals surface area contributed by atoms with E-state index in [2.05, 4.69) is 0 Å². The first-order valence-electron chi connectivity index (χ1n) is 4.81. The molecule has 1 fully saturated rings. The molecule has 0 saturated carbocycles. The average Bonchev–Trinajstić information content (AvgIpc) is 2.23. The summed E-state index contributed by atoms with van der Waals surface area (Å²) in [5, 5.41) is 19.4. The molecule has 1 aromatic carbocycles. The lowest BCUT2D eigenvalue weighted by atomic mass is 10.1. The lowest BCUT2D eigenvalue weighted by molar-refractivity contribution is -0.385. The lowest BCUT2D eigenvalue weighted by Crippen LogP contribution is -2.55. The Bertz CT molecular complexity index is 474. The summed E-state index contributed by atoms with van der Waals surface area (Å²) >= 11 is 0. The SMILES string of the molecule is N#Cc1cc(N2CC(N)C2)ccc1[N+](=O)[O-]. The average molecular weight is 218 g/mol. The van der Waals surface area contributed by atoms with Crippen LogP contribution in [0.2, 0.25) is 0 Å². The van der Waals surface area contributed by atoms with Gasteiger partial charge in [-0.05, 0) is 12.1 Å². The van der Waals surface area contributed by atoms with Crippen LogP contribution in [0.4, 0.5) is 11.4 Å². The van der Waals surface area contributed by atoms with Crippen molar-refractivity contribution >= 4 is 11.4 Å². The number of anilines is 1.